The van der Waals surface area contributed by atoms with Crippen molar-refractivity contribution in [1.29, 1.82) is 0 Å². The fraction of sp³-hybridized carbons (Fsp3) is 0.360. The first-order chi connectivity index (χ1) is 14.7. The molecule has 0 bridgehead atoms. The van der Waals surface area contributed by atoms with Crippen molar-refractivity contribution in [2.24, 2.45) is 0 Å². The first-order valence-corrected chi connectivity index (χ1v) is 10.9. The highest BCUT2D eigenvalue weighted by Crippen LogP contribution is 2.27. The molecule has 2 heterocycles. The van der Waals surface area contributed by atoms with Crippen molar-refractivity contribution in [2.45, 2.75) is 39.8 Å². The summed E-state index contributed by atoms with van der Waals surface area (Å²) >= 11 is 0. The molecule has 30 heavy (non-hydrogen) atoms. The summed E-state index contributed by atoms with van der Waals surface area (Å²) in [5.74, 6) is 0.0577. The van der Waals surface area contributed by atoms with Gasteiger partial charge >= 0.3 is 0 Å². The molecular formula is C25H30N4O. The van der Waals surface area contributed by atoms with Crippen molar-refractivity contribution in [3.05, 3.63) is 83.2 Å². The number of amides is 1. The lowest BCUT2D eigenvalue weighted by atomic mass is 10.0. The van der Waals surface area contributed by atoms with Gasteiger partial charge in [-0.2, -0.15) is 5.10 Å². The third kappa shape index (κ3) is 4.17. The van der Waals surface area contributed by atoms with Gasteiger partial charge in [-0.1, -0.05) is 43.3 Å². The van der Waals surface area contributed by atoms with E-state index in [2.05, 4.69) is 28.6 Å². The number of fused-ring (bicyclic) bond motifs is 1. The second-order valence-electron chi connectivity index (χ2n) is 7.83. The van der Waals surface area contributed by atoms with Crippen LogP contribution in [-0.4, -0.2) is 45.1 Å². The fourth-order valence-electron chi connectivity index (χ4n) is 4.23. The minimum Gasteiger partial charge on any atom is -0.333 e. The lowest BCUT2D eigenvalue weighted by molar-refractivity contribution is 0.0749. The van der Waals surface area contributed by atoms with Crippen LogP contribution in [0.25, 0.3) is 5.69 Å². The molecule has 1 amide bonds. The SMILES string of the molecule is CCCN1CCc2c(c(CN(CC)C(=O)c3ccccc3)nn2-c2ccccc2)C1. The predicted molar refractivity (Wildman–Crippen MR) is 120 cm³/mol. The molecule has 0 fully saturated rings. The maximum atomic E-state index is 13.1. The Kier molecular flexibility index (Phi) is 6.29. The fourth-order valence-corrected chi connectivity index (χ4v) is 4.23. The van der Waals surface area contributed by atoms with E-state index >= 15 is 0 Å². The zero-order valence-corrected chi connectivity index (χ0v) is 17.9. The second kappa shape index (κ2) is 9.26. The Bertz CT molecular complexity index is 981. The molecule has 0 saturated carbocycles. The summed E-state index contributed by atoms with van der Waals surface area (Å²) < 4.78 is 2.09. The number of carbonyl (C=O) groups excluding carboxylic acids is 1. The lowest BCUT2D eigenvalue weighted by Gasteiger charge is -2.28. The molecular weight excluding hydrogens is 372 g/mol. The number of hydrogen-bond acceptors (Lipinski definition) is 3. The molecule has 156 valence electrons. The smallest absolute Gasteiger partial charge is 0.254 e. The molecule has 4 rings (SSSR count). The Morgan fingerprint density at radius 2 is 1.73 bits per heavy atom. The molecule has 0 spiro atoms. The van der Waals surface area contributed by atoms with Gasteiger partial charge in [0.1, 0.15) is 0 Å². The molecule has 0 atom stereocenters. The highest BCUT2D eigenvalue weighted by Gasteiger charge is 2.27. The number of rotatable bonds is 7. The summed E-state index contributed by atoms with van der Waals surface area (Å²) in [5.41, 5.74) is 5.40. The van der Waals surface area contributed by atoms with Crippen molar-refractivity contribution in [3.8, 4) is 5.69 Å². The Labute approximate surface area is 178 Å². The number of para-hydroxylation sites is 1. The van der Waals surface area contributed by atoms with E-state index in [9.17, 15) is 4.79 Å². The number of hydrogen-bond donors (Lipinski definition) is 0. The van der Waals surface area contributed by atoms with Gasteiger partial charge in [0.2, 0.25) is 0 Å². The summed E-state index contributed by atoms with van der Waals surface area (Å²) in [6.07, 6.45) is 2.13. The van der Waals surface area contributed by atoms with E-state index in [0.717, 1.165) is 49.4 Å². The minimum absolute atomic E-state index is 0.0577. The van der Waals surface area contributed by atoms with Gasteiger partial charge in [-0.25, -0.2) is 4.68 Å². The quantitative estimate of drug-likeness (QED) is 0.592. The van der Waals surface area contributed by atoms with Crippen LogP contribution in [0.1, 0.15) is 47.6 Å². The van der Waals surface area contributed by atoms with Crippen LogP contribution in [0.15, 0.2) is 60.7 Å². The van der Waals surface area contributed by atoms with E-state index in [1.807, 2.05) is 60.4 Å². The lowest BCUT2D eigenvalue weighted by Crippen LogP contribution is -2.33. The molecule has 0 saturated heterocycles. The van der Waals surface area contributed by atoms with Crippen LogP contribution >= 0.6 is 0 Å². The van der Waals surface area contributed by atoms with Crippen molar-refractivity contribution in [2.75, 3.05) is 19.6 Å². The summed E-state index contributed by atoms with van der Waals surface area (Å²) in [5, 5.41) is 5.02. The van der Waals surface area contributed by atoms with Gasteiger partial charge in [-0.15, -0.1) is 0 Å². The van der Waals surface area contributed by atoms with Gasteiger partial charge in [0.15, 0.2) is 0 Å². The van der Waals surface area contributed by atoms with E-state index in [4.69, 9.17) is 5.10 Å². The van der Waals surface area contributed by atoms with E-state index in [1.165, 1.54) is 11.3 Å². The summed E-state index contributed by atoms with van der Waals surface area (Å²) in [7, 11) is 0. The Morgan fingerprint density at radius 3 is 2.40 bits per heavy atom. The second-order valence-corrected chi connectivity index (χ2v) is 7.83. The first-order valence-electron chi connectivity index (χ1n) is 10.9. The summed E-state index contributed by atoms with van der Waals surface area (Å²) in [6.45, 7) is 8.50. The normalized spacial score (nSPS) is 13.8. The largest absolute Gasteiger partial charge is 0.333 e. The Balaban J connectivity index is 1.68. The van der Waals surface area contributed by atoms with Gasteiger partial charge in [0, 0.05) is 37.2 Å². The molecule has 3 aromatic rings. The van der Waals surface area contributed by atoms with Crippen molar-refractivity contribution in [1.82, 2.24) is 19.6 Å². The van der Waals surface area contributed by atoms with E-state index in [-0.39, 0.29) is 5.91 Å². The van der Waals surface area contributed by atoms with Gasteiger partial charge < -0.3 is 4.90 Å². The zero-order valence-electron chi connectivity index (χ0n) is 17.9. The van der Waals surface area contributed by atoms with E-state index in [1.54, 1.807) is 0 Å². The highest BCUT2D eigenvalue weighted by molar-refractivity contribution is 5.94. The summed E-state index contributed by atoms with van der Waals surface area (Å²) in [6, 6.07) is 19.8. The molecule has 1 aliphatic heterocycles. The van der Waals surface area contributed by atoms with E-state index < -0.39 is 0 Å². The average molecular weight is 403 g/mol. The van der Waals surface area contributed by atoms with Gasteiger partial charge in [0.05, 0.1) is 23.6 Å². The van der Waals surface area contributed by atoms with Crippen LogP contribution in [-0.2, 0) is 19.5 Å². The number of carbonyl (C=O) groups is 1. The maximum Gasteiger partial charge on any atom is 0.254 e. The third-order valence-electron chi connectivity index (χ3n) is 5.79. The van der Waals surface area contributed by atoms with Gasteiger partial charge in [-0.05, 0) is 44.2 Å². The molecule has 0 radical (unpaired) electrons. The van der Waals surface area contributed by atoms with Crippen LogP contribution < -0.4 is 0 Å². The molecule has 1 aromatic heterocycles. The monoisotopic (exact) mass is 402 g/mol. The minimum atomic E-state index is 0.0577. The number of benzene rings is 2. The average Bonchev–Trinajstić information content (AvgIpc) is 3.16. The van der Waals surface area contributed by atoms with Crippen molar-refractivity contribution >= 4 is 5.91 Å². The van der Waals surface area contributed by atoms with Crippen LogP contribution in [0.5, 0.6) is 0 Å². The van der Waals surface area contributed by atoms with Gasteiger partial charge in [0.25, 0.3) is 5.91 Å². The highest BCUT2D eigenvalue weighted by atomic mass is 16.2. The molecule has 1 aliphatic rings. The van der Waals surface area contributed by atoms with Crippen LogP contribution in [0, 0.1) is 0 Å². The molecule has 0 aliphatic carbocycles. The first kappa shape index (κ1) is 20.4. The predicted octanol–water partition coefficient (Wildman–Crippen LogP) is 4.30. The summed E-state index contributed by atoms with van der Waals surface area (Å²) in [4.78, 5) is 17.5. The molecule has 0 unspecified atom stereocenters. The van der Waals surface area contributed by atoms with Crippen LogP contribution in [0.2, 0.25) is 0 Å². The zero-order chi connectivity index (χ0) is 20.9. The molecule has 0 N–H and O–H groups in total. The van der Waals surface area contributed by atoms with Crippen LogP contribution in [0.4, 0.5) is 0 Å². The number of aromatic nitrogens is 2. The molecule has 5 nitrogen and oxygen atoms in total. The topological polar surface area (TPSA) is 41.4 Å². The third-order valence-corrected chi connectivity index (χ3v) is 5.79. The van der Waals surface area contributed by atoms with Crippen LogP contribution in [0.3, 0.4) is 0 Å². The Morgan fingerprint density at radius 1 is 1.03 bits per heavy atom. The van der Waals surface area contributed by atoms with Gasteiger partial charge in [-0.3, -0.25) is 9.69 Å². The Hall–Kier alpha value is -2.92. The number of nitrogens with zero attached hydrogens (tertiary/aromatic N) is 4. The molecule has 2 aromatic carbocycles. The maximum absolute atomic E-state index is 13.1. The van der Waals surface area contributed by atoms with Crippen molar-refractivity contribution < 1.29 is 4.79 Å². The molecule has 5 heteroatoms. The van der Waals surface area contributed by atoms with E-state index in [0.29, 0.717) is 13.1 Å². The standard InChI is InChI=1S/C25H30N4O/c1-3-16-27-17-15-24-22(18-27)23(26-29(24)21-13-9-6-10-14-21)19-28(4-2)25(30)20-11-7-5-8-12-20/h5-14H,3-4,15-19H2,1-2H3. The van der Waals surface area contributed by atoms with Crippen molar-refractivity contribution in [3.63, 3.8) is 0 Å².